The van der Waals surface area contributed by atoms with Gasteiger partial charge < -0.3 is 0 Å². The zero-order valence-electron chi connectivity index (χ0n) is 14.5. The first-order valence-electron chi connectivity index (χ1n) is 8.74. The van der Waals surface area contributed by atoms with Crippen molar-refractivity contribution in [3.8, 4) is 17.1 Å². The molecule has 2 nitrogen and oxygen atoms in total. The lowest BCUT2D eigenvalue weighted by Crippen LogP contribution is -2.00. The molecule has 5 rings (SSSR count). The van der Waals surface area contributed by atoms with Gasteiger partial charge in [-0.25, -0.2) is 4.98 Å². The molecule has 28 heavy (non-hydrogen) atoms. The molecule has 1 aromatic heterocycles. The number of rotatable bonds is 2. The lowest BCUT2D eigenvalue weighted by Gasteiger charge is -2.14. The van der Waals surface area contributed by atoms with Gasteiger partial charge in [0, 0.05) is 19.0 Å². The number of hydrogen-bond donors (Lipinski definition) is 0. The number of para-hydroxylation sites is 2. The van der Waals surface area contributed by atoms with Crippen LogP contribution in [0.5, 0.6) is 0 Å². The maximum Gasteiger partial charge on any atom is 0.145 e. The average molecular weight is 557 g/mol. The van der Waals surface area contributed by atoms with E-state index in [9.17, 15) is 0 Å². The van der Waals surface area contributed by atoms with Crippen molar-refractivity contribution in [1.29, 1.82) is 0 Å². The highest BCUT2D eigenvalue weighted by atomic mass is 79.9. The highest BCUT2D eigenvalue weighted by molar-refractivity contribution is 9.11. The van der Waals surface area contributed by atoms with E-state index in [4.69, 9.17) is 4.98 Å². The van der Waals surface area contributed by atoms with E-state index in [-0.39, 0.29) is 0 Å². The topological polar surface area (TPSA) is 17.8 Å². The molecule has 0 saturated heterocycles. The molecule has 0 aliphatic rings. The van der Waals surface area contributed by atoms with E-state index in [2.05, 4.69) is 101 Å². The smallest absolute Gasteiger partial charge is 0.145 e. The fourth-order valence-corrected chi connectivity index (χ4v) is 5.41. The van der Waals surface area contributed by atoms with E-state index in [0.29, 0.717) is 0 Å². The number of halogens is 3. The molecule has 0 N–H and O–H groups in total. The minimum atomic E-state index is 0.903. The van der Waals surface area contributed by atoms with Crippen molar-refractivity contribution >= 4 is 69.6 Å². The number of nitrogens with zero attached hydrogens (tertiary/aromatic N) is 2. The second-order valence-corrected chi connectivity index (χ2v) is 9.07. The Balaban J connectivity index is 1.90. The van der Waals surface area contributed by atoms with Gasteiger partial charge in [-0.1, -0.05) is 48.5 Å². The first-order chi connectivity index (χ1) is 13.6. The standard InChI is InChI=1S/C23H13Br3N2/c24-17-7-3-8-18(25)21(17)28-22-19(26)9-4-10-20(22)27-23(28)16-12-11-14-5-1-2-6-15(14)13-16/h1-13H. The van der Waals surface area contributed by atoms with Gasteiger partial charge in [-0.2, -0.15) is 0 Å². The Bertz CT molecular complexity index is 1330. The molecule has 0 atom stereocenters. The molecule has 0 unspecified atom stereocenters. The summed E-state index contributed by atoms with van der Waals surface area (Å²) < 4.78 is 5.21. The number of aromatic nitrogens is 2. The van der Waals surface area contributed by atoms with Gasteiger partial charge in [0.15, 0.2) is 0 Å². The number of fused-ring (bicyclic) bond motifs is 2. The minimum Gasteiger partial charge on any atom is -0.289 e. The zero-order valence-corrected chi connectivity index (χ0v) is 19.3. The summed E-state index contributed by atoms with van der Waals surface area (Å²) in [6.07, 6.45) is 0. The van der Waals surface area contributed by atoms with Gasteiger partial charge in [-0.15, -0.1) is 0 Å². The first kappa shape index (κ1) is 18.1. The van der Waals surface area contributed by atoms with Crippen LogP contribution in [0.3, 0.4) is 0 Å². The van der Waals surface area contributed by atoms with E-state index < -0.39 is 0 Å². The molecule has 0 saturated carbocycles. The maximum atomic E-state index is 5.00. The van der Waals surface area contributed by atoms with Crippen molar-refractivity contribution in [3.63, 3.8) is 0 Å². The van der Waals surface area contributed by atoms with Crippen LogP contribution in [0.25, 0.3) is 38.9 Å². The van der Waals surface area contributed by atoms with E-state index in [1.165, 1.54) is 10.8 Å². The van der Waals surface area contributed by atoms with Crippen molar-refractivity contribution in [2.45, 2.75) is 0 Å². The van der Waals surface area contributed by atoms with Gasteiger partial charge in [0.1, 0.15) is 5.82 Å². The largest absolute Gasteiger partial charge is 0.289 e. The molecule has 0 radical (unpaired) electrons. The molecule has 0 spiro atoms. The van der Waals surface area contributed by atoms with Crippen LogP contribution in [-0.2, 0) is 0 Å². The minimum absolute atomic E-state index is 0.903. The third-order valence-corrected chi connectivity index (χ3v) is 6.72. The summed E-state index contributed by atoms with van der Waals surface area (Å²) in [4.78, 5) is 5.00. The van der Waals surface area contributed by atoms with Crippen LogP contribution in [0.4, 0.5) is 0 Å². The van der Waals surface area contributed by atoms with Crippen molar-refractivity contribution in [2.75, 3.05) is 0 Å². The van der Waals surface area contributed by atoms with E-state index >= 15 is 0 Å². The maximum absolute atomic E-state index is 5.00. The Hall–Kier alpha value is -1.95. The van der Waals surface area contributed by atoms with Crippen LogP contribution in [0, 0.1) is 0 Å². The normalized spacial score (nSPS) is 11.4. The van der Waals surface area contributed by atoms with Gasteiger partial charge >= 0.3 is 0 Å². The summed E-state index contributed by atoms with van der Waals surface area (Å²) in [6.45, 7) is 0. The third-order valence-electron chi connectivity index (χ3n) is 4.80. The first-order valence-corrected chi connectivity index (χ1v) is 11.1. The summed E-state index contributed by atoms with van der Waals surface area (Å²) in [5, 5.41) is 2.42. The van der Waals surface area contributed by atoms with E-state index in [1.54, 1.807) is 0 Å². The summed E-state index contributed by atoms with van der Waals surface area (Å²) in [6, 6.07) is 27.1. The van der Waals surface area contributed by atoms with Gasteiger partial charge in [0.2, 0.25) is 0 Å². The second-order valence-electron chi connectivity index (χ2n) is 6.51. The second kappa shape index (κ2) is 7.14. The van der Waals surface area contributed by atoms with Crippen molar-refractivity contribution in [3.05, 3.63) is 92.3 Å². The van der Waals surface area contributed by atoms with Crippen LogP contribution in [-0.4, -0.2) is 9.55 Å². The fraction of sp³-hybridized carbons (Fsp3) is 0. The lowest BCUT2D eigenvalue weighted by molar-refractivity contribution is 1.08. The Kier molecular flexibility index (Phi) is 4.62. The van der Waals surface area contributed by atoms with Crippen LogP contribution < -0.4 is 0 Å². The van der Waals surface area contributed by atoms with Crippen LogP contribution >= 0.6 is 47.8 Å². The average Bonchev–Trinajstić information content (AvgIpc) is 3.08. The van der Waals surface area contributed by atoms with E-state index in [0.717, 1.165) is 41.5 Å². The molecule has 0 fully saturated rings. The molecule has 136 valence electrons. The Labute approximate surface area is 187 Å². The van der Waals surface area contributed by atoms with Gasteiger partial charge in [-0.3, -0.25) is 4.57 Å². The predicted molar refractivity (Wildman–Crippen MR) is 127 cm³/mol. The molecule has 4 aromatic carbocycles. The van der Waals surface area contributed by atoms with Crippen molar-refractivity contribution < 1.29 is 0 Å². The molecule has 1 heterocycles. The van der Waals surface area contributed by atoms with Gasteiger partial charge in [0.05, 0.1) is 16.7 Å². The summed E-state index contributed by atoms with van der Waals surface area (Å²) in [5.74, 6) is 0.903. The number of imidazole rings is 1. The Morgan fingerprint density at radius 1 is 0.643 bits per heavy atom. The fourth-order valence-electron chi connectivity index (χ4n) is 3.53. The van der Waals surface area contributed by atoms with Gasteiger partial charge in [0.25, 0.3) is 0 Å². The Morgan fingerprint density at radius 3 is 2.11 bits per heavy atom. The highest BCUT2D eigenvalue weighted by Gasteiger charge is 2.20. The number of hydrogen-bond acceptors (Lipinski definition) is 1. The van der Waals surface area contributed by atoms with Crippen molar-refractivity contribution in [2.24, 2.45) is 0 Å². The molecule has 0 bridgehead atoms. The molecular formula is C23H13Br3N2. The summed E-state index contributed by atoms with van der Waals surface area (Å²) >= 11 is 11.2. The molecular weight excluding hydrogens is 544 g/mol. The lowest BCUT2D eigenvalue weighted by atomic mass is 10.1. The predicted octanol–water partition coefficient (Wildman–Crippen LogP) is 8.13. The molecule has 0 aliphatic heterocycles. The highest BCUT2D eigenvalue weighted by Crippen LogP contribution is 2.38. The van der Waals surface area contributed by atoms with Crippen molar-refractivity contribution in [1.82, 2.24) is 9.55 Å². The van der Waals surface area contributed by atoms with Gasteiger partial charge in [-0.05, 0) is 88.9 Å². The molecule has 5 aromatic rings. The van der Waals surface area contributed by atoms with Crippen LogP contribution in [0.15, 0.2) is 92.3 Å². The molecule has 5 heteroatoms. The summed E-state index contributed by atoms with van der Waals surface area (Å²) in [7, 11) is 0. The number of benzene rings is 4. The molecule has 0 amide bonds. The molecule has 0 aliphatic carbocycles. The van der Waals surface area contributed by atoms with Crippen LogP contribution in [0.2, 0.25) is 0 Å². The zero-order chi connectivity index (χ0) is 19.3. The SMILES string of the molecule is Brc1cccc(Br)c1-n1c(-c2ccc3ccccc3c2)nc2cccc(Br)c21. The van der Waals surface area contributed by atoms with Crippen LogP contribution in [0.1, 0.15) is 0 Å². The third kappa shape index (κ3) is 2.93. The van der Waals surface area contributed by atoms with E-state index in [1.807, 2.05) is 30.3 Å². The monoisotopic (exact) mass is 554 g/mol. The summed E-state index contributed by atoms with van der Waals surface area (Å²) in [5.41, 5.74) is 4.09. The Morgan fingerprint density at radius 2 is 1.32 bits per heavy atom. The quantitative estimate of drug-likeness (QED) is 0.215.